The molecule has 0 bridgehead atoms. The van der Waals surface area contributed by atoms with Crippen LogP contribution in [0.2, 0.25) is 0 Å². The predicted octanol–water partition coefficient (Wildman–Crippen LogP) is 1.99. The van der Waals surface area contributed by atoms with Gasteiger partial charge in [-0.05, 0) is 51.5 Å². The van der Waals surface area contributed by atoms with Crippen molar-refractivity contribution in [1.29, 1.82) is 0 Å². The van der Waals surface area contributed by atoms with E-state index in [1.54, 1.807) is 0 Å². The first-order valence-electron chi connectivity index (χ1n) is 9.81. The molecule has 2 aromatic carbocycles. The van der Waals surface area contributed by atoms with Gasteiger partial charge < -0.3 is 17.6 Å². The molecular formula is C25H38N3Na. The molecule has 3 nitrogen and oxygen atoms in total. The standard InChI is InChI=1S/2C8H11N.C7H13N.C2H3.Na/c1-9-7-8-5-3-2-4-6-8;1-7(9)8-5-3-2-4-6-8;1-3-7-5-4-6-8(7)2;1-2;/h2-6,9H,7H2,1H3;2-7H,9H2,1H3;3,7H,1,4-6H2,2H3;1H,2H2;/q;;;-1;+1. The fourth-order valence-electron chi connectivity index (χ4n) is 2.79. The quantitative estimate of drug-likeness (QED) is 0.466. The Bertz CT molecular complexity index is 602. The van der Waals surface area contributed by atoms with Crippen LogP contribution in [0.25, 0.3) is 0 Å². The van der Waals surface area contributed by atoms with Gasteiger partial charge in [-0.1, -0.05) is 66.7 Å². The Labute approximate surface area is 201 Å². The molecular weight excluding hydrogens is 365 g/mol. The van der Waals surface area contributed by atoms with Crippen LogP contribution in [0.4, 0.5) is 0 Å². The van der Waals surface area contributed by atoms with Gasteiger partial charge in [-0.2, -0.15) is 0 Å². The third-order valence-corrected chi connectivity index (χ3v) is 4.40. The third-order valence-electron chi connectivity index (χ3n) is 4.40. The van der Waals surface area contributed by atoms with Gasteiger partial charge in [0.1, 0.15) is 0 Å². The number of nitrogens with zero attached hydrogens (tertiary/aromatic N) is 1. The molecule has 1 saturated heterocycles. The van der Waals surface area contributed by atoms with Gasteiger partial charge in [-0.25, -0.2) is 0 Å². The third kappa shape index (κ3) is 14.4. The minimum atomic E-state index is 0. The van der Waals surface area contributed by atoms with E-state index in [-0.39, 0.29) is 35.6 Å². The Morgan fingerprint density at radius 1 is 1.14 bits per heavy atom. The first-order chi connectivity index (χ1) is 13.6. The molecule has 0 aliphatic carbocycles. The van der Waals surface area contributed by atoms with Crippen molar-refractivity contribution in [2.24, 2.45) is 5.73 Å². The van der Waals surface area contributed by atoms with Gasteiger partial charge in [0.2, 0.25) is 0 Å². The van der Waals surface area contributed by atoms with Gasteiger partial charge in [0.15, 0.2) is 0 Å². The molecule has 2 atom stereocenters. The van der Waals surface area contributed by atoms with E-state index in [1.807, 2.05) is 68.6 Å². The fourth-order valence-corrected chi connectivity index (χ4v) is 2.79. The predicted molar refractivity (Wildman–Crippen MR) is 124 cm³/mol. The Morgan fingerprint density at radius 2 is 1.66 bits per heavy atom. The maximum Gasteiger partial charge on any atom is 1.00 e. The van der Waals surface area contributed by atoms with Gasteiger partial charge in [-0.15, -0.1) is 6.58 Å². The SMILES string of the molecule is C=CC1CCCN1C.CC(N)c1ccccc1.CNCc1ccccc1.[CH-]=C.[Na+]. The van der Waals surface area contributed by atoms with Crippen molar-refractivity contribution in [3.8, 4) is 0 Å². The Balaban J connectivity index is 0. The summed E-state index contributed by atoms with van der Waals surface area (Å²) in [5.74, 6) is 0. The maximum atomic E-state index is 5.61. The fraction of sp³-hybridized carbons (Fsp3) is 0.360. The molecule has 2 unspecified atom stereocenters. The average molecular weight is 404 g/mol. The van der Waals surface area contributed by atoms with Crippen LogP contribution in [0.5, 0.6) is 0 Å². The average Bonchev–Trinajstić information content (AvgIpc) is 3.17. The van der Waals surface area contributed by atoms with E-state index in [2.05, 4.69) is 49.1 Å². The normalized spacial score (nSPS) is 15.7. The van der Waals surface area contributed by atoms with Crippen LogP contribution < -0.4 is 40.6 Å². The second kappa shape index (κ2) is 20.1. The molecule has 1 fully saturated rings. The summed E-state index contributed by atoms with van der Waals surface area (Å²) in [4.78, 5) is 2.34. The number of likely N-dealkylation sites (N-methyl/N-ethyl adjacent to an activating group) is 1. The van der Waals surface area contributed by atoms with Crippen molar-refractivity contribution in [1.82, 2.24) is 10.2 Å². The van der Waals surface area contributed by atoms with Gasteiger partial charge in [0, 0.05) is 18.6 Å². The first-order valence-corrected chi connectivity index (χ1v) is 9.81. The monoisotopic (exact) mass is 403 g/mol. The van der Waals surface area contributed by atoms with E-state index < -0.39 is 0 Å². The van der Waals surface area contributed by atoms with E-state index in [9.17, 15) is 0 Å². The zero-order chi connectivity index (χ0) is 21.2. The molecule has 3 N–H and O–H groups in total. The topological polar surface area (TPSA) is 41.3 Å². The summed E-state index contributed by atoms with van der Waals surface area (Å²) in [7, 11) is 4.10. The molecule has 29 heavy (non-hydrogen) atoms. The van der Waals surface area contributed by atoms with Gasteiger partial charge in [0.05, 0.1) is 0 Å². The zero-order valence-electron chi connectivity index (χ0n) is 18.9. The molecule has 0 aromatic heterocycles. The number of rotatable bonds is 4. The van der Waals surface area contributed by atoms with Gasteiger partial charge in [0.25, 0.3) is 0 Å². The minimum absolute atomic E-state index is 0. The first kappa shape index (κ1) is 30.0. The van der Waals surface area contributed by atoms with Crippen LogP contribution in [0.3, 0.4) is 0 Å². The number of hydrogen-bond donors (Lipinski definition) is 2. The van der Waals surface area contributed by atoms with Gasteiger partial charge >= 0.3 is 29.6 Å². The van der Waals surface area contributed by atoms with Gasteiger partial charge in [-0.3, -0.25) is 11.5 Å². The summed E-state index contributed by atoms with van der Waals surface area (Å²) in [5, 5.41) is 3.08. The minimum Gasteiger partial charge on any atom is -0.521 e. The summed E-state index contributed by atoms with van der Waals surface area (Å²) in [6.07, 6.45) is 4.68. The van der Waals surface area contributed by atoms with Crippen LogP contribution in [0, 0.1) is 6.58 Å². The largest absolute Gasteiger partial charge is 1.00 e. The molecule has 154 valence electrons. The Kier molecular flexibility index (Phi) is 20.8. The number of hydrogen-bond acceptors (Lipinski definition) is 3. The molecule has 1 heterocycles. The molecule has 0 spiro atoms. The summed E-state index contributed by atoms with van der Waals surface area (Å²) >= 11 is 0. The number of nitrogens with one attached hydrogen (secondary N) is 1. The van der Waals surface area contributed by atoms with E-state index in [1.165, 1.54) is 30.5 Å². The number of likely N-dealkylation sites (tertiary alicyclic amines) is 1. The molecule has 1 aliphatic rings. The summed E-state index contributed by atoms with van der Waals surface area (Å²) in [6.45, 7) is 14.9. The van der Waals surface area contributed by atoms with E-state index >= 15 is 0 Å². The molecule has 2 aromatic rings. The molecule has 1 aliphatic heterocycles. The van der Waals surface area contributed by atoms with E-state index in [4.69, 9.17) is 5.73 Å². The van der Waals surface area contributed by atoms with Crippen molar-refractivity contribution in [2.45, 2.75) is 38.4 Å². The van der Waals surface area contributed by atoms with E-state index in [0.717, 1.165) is 6.54 Å². The van der Waals surface area contributed by atoms with Crippen molar-refractivity contribution < 1.29 is 29.6 Å². The van der Waals surface area contributed by atoms with Crippen LogP contribution >= 0.6 is 0 Å². The van der Waals surface area contributed by atoms with Crippen LogP contribution in [0.1, 0.15) is 36.9 Å². The van der Waals surface area contributed by atoms with Crippen molar-refractivity contribution >= 4 is 0 Å². The number of benzene rings is 2. The van der Waals surface area contributed by atoms with Crippen molar-refractivity contribution in [3.63, 3.8) is 0 Å². The molecule has 0 radical (unpaired) electrons. The molecule has 4 heteroatoms. The zero-order valence-corrected chi connectivity index (χ0v) is 20.9. The van der Waals surface area contributed by atoms with Crippen LogP contribution in [-0.2, 0) is 6.54 Å². The van der Waals surface area contributed by atoms with Crippen molar-refractivity contribution in [3.05, 3.63) is 97.6 Å². The maximum absolute atomic E-state index is 5.61. The Hall–Kier alpha value is -1.20. The summed E-state index contributed by atoms with van der Waals surface area (Å²) in [6, 6.07) is 21.2. The molecule has 0 saturated carbocycles. The summed E-state index contributed by atoms with van der Waals surface area (Å²) < 4.78 is 0. The van der Waals surface area contributed by atoms with Crippen LogP contribution in [-0.4, -0.2) is 31.6 Å². The van der Waals surface area contributed by atoms with Crippen LogP contribution in [0.15, 0.2) is 79.9 Å². The second-order valence-electron chi connectivity index (χ2n) is 6.64. The Morgan fingerprint density at radius 3 is 1.97 bits per heavy atom. The van der Waals surface area contributed by atoms with E-state index in [0.29, 0.717) is 6.04 Å². The second-order valence-corrected chi connectivity index (χ2v) is 6.64. The smallest absolute Gasteiger partial charge is 0.521 e. The van der Waals surface area contributed by atoms with Crippen molar-refractivity contribution in [2.75, 3.05) is 20.6 Å². The number of nitrogens with two attached hydrogens (primary N) is 1. The summed E-state index contributed by atoms with van der Waals surface area (Å²) in [5.41, 5.74) is 8.14. The molecule has 3 rings (SSSR count). The molecule has 0 amide bonds.